The molecule has 0 spiro atoms. The van der Waals surface area contributed by atoms with Crippen LogP contribution in [0.4, 0.5) is 11.4 Å². The summed E-state index contributed by atoms with van der Waals surface area (Å²) in [6.07, 6.45) is 3.36. The van der Waals surface area contributed by atoms with Gasteiger partial charge in [-0.2, -0.15) is 0 Å². The van der Waals surface area contributed by atoms with Gasteiger partial charge in [-0.25, -0.2) is 9.83 Å². The number of fused-ring (bicyclic) bond motifs is 2. The Morgan fingerprint density at radius 1 is 1.23 bits per heavy atom. The van der Waals surface area contributed by atoms with E-state index in [4.69, 9.17) is 32.6 Å². The molecule has 1 aromatic carbocycles. The van der Waals surface area contributed by atoms with Gasteiger partial charge in [-0.05, 0) is 23.3 Å². The fraction of sp³-hybridized carbons (Fsp3) is 0.227. The van der Waals surface area contributed by atoms with Crippen LogP contribution in [0, 0.1) is 6.57 Å². The number of anilines is 1. The van der Waals surface area contributed by atoms with Gasteiger partial charge >= 0.3 is 0 Å². The van der Waals surface area contributed by atoms with E-state index in [0.717, 1.165) is 28.1 Å². The maximum Gasteiger partial charge on any atom is 0.187 e. The SMILES string of the molecule is [C-]#[N+]c1ccc(-c2cc3n(c2)Cc2cc(Cl)ncc2NC3=NCC(OC)OC)cc1. The molecule has 4 rings (SSSR count). The molecule has 1 aliphatic heterocycles. The smallest absolute Gasteiger partial charge is 0.187 e. The normalized spacial score (nSPS) is 14.0. The van der Waals surface area contributed by atoms with E-state index in [1.165, 1.54) is 0 Å². The molecule has 1 aliphatic rings. The second-order valence-electron chi connectivity index (χ2n) is 6.78. The zero-order valence-electron chi connectivity index (χ0n) is 16.6. The molecule has 0 aliphatic carbocycles. The number of halogens is 1. The van der Waals surface area contributed by atoms with Crippen LogP contribution in [0.5, 0.6) is 0 Å². The highest BCUT2D eigenvalue weighted by Gasteiger charge is 2.20. The molecule has 3 heterocycles. The maximum absolute atomic E-state index is 7.14. The number of methoxy groups -OCH3 is 2. The Morgan fingerprint density at radius 2 is 2.00 bits per heavy atom. The molecule has 2 aromatic heterocycles. The quantitative estimate of drug-likeness (QED) is 0.371. The first-order valence-electron chi connectivity index (χ1n) is 9.31. The minimum atomic E-state index is -0.436. The van der Waals surface area contributed by atoms with Crippen molar-refractivity contribution in [2.45, 2.75) is 12.8 Å². The Balaban J connectivity index is 1.77. The number of hydrogen-bond donors (Lipinski definition) is 1. The zero-order chi connectivity index (χ0) is 21.1. The third-order valence-corrected chi connectivity index (χ3v) is 5.15. The molecule has 0 radical (unpaired) electrons. The molecule has 0 fully saturated rings. The molecule has 30 heavy (non-hydrogen) atoms. The van der Waals surface area contributed by atoms with Crippen LogP contribution in [0.25, 0.3) is 16.0 Å². The molecule has 7 nitrogen and oxygen atoms in total. The molecule has 0 saturated carbocycles. The predicted octanol–water partition coefficient (Wildman–Crippen LogP) is 4.59. The van der Waals surface area contributed by atoms with Crippen LogP contribution >= 0.6 is 11.6 Å². The second kappa shape index (κ2) is 8.67. The van der Waals surface area contributed by atoms with E-state index in [0.29, 0.717) is 29.8 Å². The van der Waals surface area contributed by atoms with Gasteiger partial charge in [-0.15, -0.1) is 0 Å². The van der Waals surface area contributed by atoms with Gasteiger partial charge in [0, 0.05) is 32.5 Å². The standard InChI is InChI=1S/C22H20ClN5O2/c1-24-17-6-4-14(5-7-17)15-8-19-22(26-11-21(29-2)30-3)27-18-10-25-20(23)9-16(18)13-28(19)12-15/h4-10,12,21H,11,13H2,2-3H3,(H,26,27). The molecule has 0 saturated heterocycles. The maximum atomic E-state index is 7.14. The van der Waals surface area contributed by atoms with Crippen molar-refractivity contribution in [1.82, 2.24) is 9.55 Å². The Kier molecular flexibility index (Phi) is 5.81. The lowest BCUT2D eigenvalue weighted by Gasteiger charge is -2.13. The van der Waals surface area contributed by atoms with E-state index in [2.05, 4.69) is 32.0 Å². The number of nitrogens with one attached hydrogen (secondary N) is 1. The first kappa shape index (κ1) is 20.1. The van der Waals surface area contributed by atoms with E-state index in [-0.39, 0.29) is 0 Å². The van der Waals surface area contributed by atoms with Crippen LogP contribution in [0.1, 0.15) is 11.3 Å². The van der Waals surface area contributed by atoms with E-state index in [9.17, 15) is 0 Å². The van der Waals surface area contributed by atoms with Crippen molar-refractivity contribution in [3.63, 3.8) is 0 Å². The summed E-state index contributed by atoms with van der Waals surface area (Å²) < 4.78 is 12.7. The van der Waals surface area contributed by atoms with Gasteiger partial charge in [0.25, 0.3) is 0 Å². The number of aliphatic imine (C=N–C) groups is 1. The van der Waals surface area contributed by atoms with Gasteiger partial charge in [-0.3, -0.25) is 4.99 Å². The average molecular weight is 422 g/mol. The number of hydrogen-bond acceptors (Lipinski definition) is 4. The number of ether oxygens (including phenoxy) is 2. The third kappa shape index (κ3) is 4.07. The van der Waals surface area contributed by atoms with Crippen LogP contribution in [-0.2, 0) is 16.0 Å². The summed E-state index contributed by atoms with van der Waals surface area (Å²) in [5, 5.41) is 3.83. The molecule has 0 atom stereocenters. The van der Waals surface area contributed by atoms with Gasteiger partial charge in [0.15, 0.2) is 12.0 Å². The topological polar surface area (TPSA) is 65.0 Å². The summed E-state index contributed by atoms with van der Waals surface area (Å²) in [4.78, 5) is 12.4. The van der Waals surface area contributed by atoms with Gasteiger partial charge in [0.05, 0.1) is 30.7 Å². The Labute approximate surface area is 179 Å². The second-order valence-corrected chi connectivity index (χ2v) is 7.17. The highest BCUT2D eigenvalue weighted by molar-refractivity contribution is 6.29. The van der Waals surface area contributed by atoms with Gasteiger partial charge in [-0.1, -0.05) is 35.9 Å². The highest BCUT2D eigenvalue weighted by Crippen LogP contribution is 2.30. The minimum absolute atomic E-state index is 0.339. The summed E-state index contributed by atoms with van der Waals surface area (Å²) in [5.41, 5.74) is 5.48. The van der Waals surface area contributed by atoms with Gasteiger partial charge in [0.1, 0.15) is 11.0 Å². The number of pyridine rings is 1. The van der Waals surface area contributed by atoms with Crippen molar-refractivity contribution in [3.8, 4) is 11.1 Å². The highest BCUT2D eigenvalue weighted by atomic mass is 35.5. The lowest BCUT2D eigenvalue weighted by molar-refractivity contribution is -0.0936. The first-order valence-corrected chi connectivity index (χ1v) is 9.69. The van der Waals surface area contributed by atoms with Crippen molar-refractivity contribution >= 4 is 28.8 Å². The molecule has 0 amide bonds. The van der Waals surface area contributed by atoms with Gasteiger partial charge in [0.2, 0.25) is 0 Å². The van der Waals surface area contributed by atoms with Crippen molar-refractivity contribution < 1.29 is 9.47 Å². The zero-order valence-corrected chi connectivity index (χ0v) is 17.3. The number of amidine groups is 1. The minimum Gasteiger partial charge on any atom is -0.354 e. The van der Waals surface area contributed by atoms with Crippen LogP contribution < -0.4 is 5.32 Å². The van der Waals surface area contributed by atoms with Crippen LogP contribution in [0.15, 0.2) is 53.8 Å². The van der Waals surface area contributed by atoms with E-state index >= 15 is 0 Å². The van der Waals surface area contributed by atoms with Gasteiger partial charge < -0.3 is 19.4 Å². The molecule has 152 valence electrons. The molecule has 8 heteroatoms. The fourth-order valence-electron chi connectivity index (χ4n) is 3.34. The molecule has 0 bridgehead atoms. The largest absolute Gasteiger partial charge is 0.354 e. The van der Waals surface area contributed by atoms with Crippen molar-refractivity contribution in [2.24, 2.45) is 4.99 Å². The van der Waals surface area contributed by atoms with Crippen LogP contribution in [-0.4, -0.2) is 42.4 Å². The summed E-state index contributed by atoms with van der Waals surface area (Å²) in [6, 6.07) is 11.5. The Morgan fingerprint density at radius 3 is 2.70 bits per heavy atom. The fourth-order valence-corrected chi connectivity index (χ4v) is 3.52. The summed E-state index contributed by atoms with van der Waals surface area (Å²) >= 11 is 6.13. The summed E-state index contributed by atoms with van der Waals surface area (Å²) in [5.74, 6) is 0.695. The number of nitrogens with zero attached hydrogens (tertiary/aromatic N) is 4. The molecular weight excluding hydrogens is 402 g/mol. The Bertz CT molecular complexity index is 1130. The first-order chi connectivity index (χ1) is 14.6. The lowest BCUT2D eigenvalue weighted by atomic mass is 10.1. The summed E-state index contributed by atoms with van der Waals surface area (Å²) in [7, 11) is 3.17. The third-order valence-electron chi connectivity index (χ3n) is 4.94. The number of benzene rings is 1. The molecular formula is C22H20ClN5O2. The van der Waals surface area contributed by atoms with Crippen molar-refractivity contribution in [2.75, 3.05) is 26.1 Å². The van der Waals surface area contributed by atoms with E-state index in [1.54, 1.807) is 20.4 Å². The average Bonchev–Trinajstić information content (AvgIpc) is 3.12. The van der Waals surface area contributed by atoms with Crippen LogP contribution in [0.2, 0.25) is 5.15 Å². The van der Waals surface area contributed by atoms with E-state index in [1.807, 2.05) is 30.3 Å². The van der Waals surface area contributed by atoms with E-state index < -0.39 is 6.29 Å². The lowest BCUT2D eigenvalue weighted by Crippen LogP contribution is -2.21. The van der Waals surface area contributed by atoms with Crippen molar-refractivity contribution in [1.29, 1.82) is 0 Å². The molecule has 0 unspecified atom stereocenters. The predicted molar refractivity (Wildman–Crippen MR) is 117 cm³/mol. The molecule has 3 aromatic rings. The molecule has 1 N–H and O–H groups in total. The summed E-state index contributed by atoms with van der Waals surface area (Å²) in [6.45, 7) is 8.10. The monoisotopic (exact) mass is 421 g/mol. The number of aromatic nitrogens is 2. The van der Waals surface area contributed by atoms with Crippen LogP contribution in [0.3, 0.4) is 0 Å². The Hall–Kier alpha value is -3.18. The van der Waals surface area contributed by atoms with Crippen molar-refractivity contribution in [3.05, 3.63) is 76.6 Å². The number of rotatable bonds is 5.